The molecular formula is C13H20BrN. The van der Waals surface area contributed by atoms with Gasteiger partial charge in [-0.15, -0.1) is 0 Å². The zero-order valence-corrected chi connectivity index (χ0v) is 11.0. The molecule has 1 aromatic rings. The second kappa shape index (κ2) is 7.89. The summed E-state index contributed by atoms with van der Waals surface area (Å²) in [4.78, 5) is 0. The van der Waals surface area contributed by atoms with Crippen LogP contribution in [0.2, 0.25) is 0 Å². The molecule has 0 atom stereocenters. The number of benzene rings is 1. The Bertz CT molecular complexity index is 273. The van der Waals surface area contributed by atoms with Gasteiger partial charge in [-0.1, -0.05) is 41.1 Å². The Morgan fingerprint density at radius 1 is 1.13 bits per heavy atom. The highest BCUT2D eigenvalue weighted by Crippen LogP contribution is 2.17. The highest BCUT2D eigenvalue weighted by molar-refractivity contribution is 9.10. The molecule has 0 spiro atoms. The van der Waals surface area contributed by atoms with Crippen LogP contribution in [0, 0.1) is 0 Å². The lowest BCUT2D eigenvalue weighted by Crippen LogP contribution is -2.15. The first kappa shape index (κ1) is 12.7. The molecule has 1 aromatic carbocycles. The first-order valence-corrected chi connectivity index (χ1v) is 6.58. The van der Waals surface area contributed by atoms with Gasteiger partial charge in [0.15, 0.2) is 0 Å². The third-order valence-corrected chi connectivity index (χ3v) is 3.21. The van der Waals surface area contributed by atoms with Gasteiger partial charge < -0.3 is 5.32 Å². The third kappa shape index (κ3) is 5.33. The molecule has 1 rings (SSSR count). The molecular weight excluding hydrogens is 250 g/mol. The zero-order valence-electron chi connectivity index (χ0n) is 9.43. The van der Waals surface area contributed by atoms with Gasteiger partial charge in [0, 0.05) is 4.47 Å². The lowest BCUT2D eigenvalue weighted by atomic mass is 10.1. The Labute approximate surface area is 101 Å². The zero-order chi connectivity index (χ0) is 10.9. The van der Waals surface area contributed by atoms with Crippen molar-refractivity contribution in [3.8, 4) is 0 Å². The van der Waals surface area contributed by atoms with E-state index >= 15 is 0 Å². The molecule has 1 nitrogen and oxygen atoms in total. The summed E-state index contributed by atoms with van der Waals surface area (Å²) in [7, 11) is 0. The summed E-state index contributed by atoms with van der Waals surface area (Å²) >= 11 is 3.57. The molecule has 0 bridgehead atoms. The van der Waals surface area contributed by atoms with Crippen LogP contribution in [-0.4, -0.2) is 13.1 Å². The number of aryl methyl sites for hydroxylation is 1. The monoisotopic (exact) mass is 269 g/mol. The lowest BCUT2D eigenvalue weighted by Gasteiger charge is -2.05. The number of nitrogens with one attached hydrogen (secondary N) is 1. The summed E-state index contributed by atoms with van der Waals surface area (Å²) < 4.78 is 1.24. The van der Waals surface area contributed by atoms with E-state index in [0.717, 1.165) is 13.1 Å². The number of hydrogen-bond acceptors (Lipinski definition) is 1. The maximum absolute atomic E-state index is 3.57. The van der Waals surface area contributed by atoms with Crippen molar-refractivity contribution >= 4 is 15.9 Å². The molecule has 15 heavy (non-hydrogen) atoms. The number of unbranched alkanes of at least 4 members (excludes halogenated alkanes) is 1. The maximum Gasteiger partial charge on any atom is 0.0207 e. The van der Waals surface area contributed by atoms with E-state index in [0.29, 0.717) is 0 Å². The summed E-state index contributed by atoms with van der Waals surface area (Å²) in [6.07, 6.45) is 4.93. The fourth-order valence-corrected chi connectivity index (χ4v) is 2.05. The molecule has 0 radical (unpaired) electrons. The van der Waals surface area contributed by atoms with Gasteiger partial charge in [-0.25, -0.2) is 0 Å². The predicted molar refractivity (Wildman–Crippen MR) is 70.2 cm³/mol. The Morgan fingerprint density at radius 2 is 1.93 bits per heavy atom. The number of halogens is 1. The van der Waals surface area contributed by atoms with E-state index in [9.17, 15) is 0 Å². The Hall–Kier alpha value is -0.340. The molecule has 0 aliphatic carbocycles. The second-order valence-electron chi connectivity index (χ2n) is 3.80. The molecule has 0 fully saturated rings. The fourth-order valence-electron chi connectivity index (χ4n) is 1.57. The van der Waals surface area contributed by atoms with Crippen molar-refractivity contribution < 1.29 is 0 Å². The van der Waals surface area contributed by atoms with Crippen molar-refractivity contribution in [2.24, 2.45) is 0 Å². The largest absolute Gasteiger partial charge is 0.317 e. The summed E-state index contributed by atoms with van der Waals surface area (Å²) in [6.45, 7) is 4.50. The van der Waals surface area contributed by atoms with Gasteiger partial charge in [0.05, 0.1) is 0 Å². The molecule has 0 heterocycles. The topological polar surface area (TPSA) is 12.0 Å². The fraction of sp³-hybridized carbons (Fsp3) is 0.538. The Morgan fingerprint density at radius 3 is 2.67 bits per heavy atom. The number of hydrogen-bond donors (Lipinski definition) is 1. The lowest BCUT2D eigenvalue weighted by molar-refractivity contribution is 0.616. The smallest absolute Gasteiger partial charge is 0.0207 e. The van der Waals surface area contributed by atoms with Gasteiger partial charge in [0.1, 0.15) is 0 Å². The van der Waals surface area contributed by atoms with Crippen molar-refractivity contribution in [3.63, 3.8) is 0 Å². The van der Waals surface area contributed by atoms with E-state index in [2.05, 4.69) is 52.4 Å². The molecule has 0 saturated heterocycles. The molecule has 0 aromatic heterocycles. The quantitative estimate of drug-likeness (QED) is 0.744. The summed E-state index contributed by atoms with van der Waals surface area (Å²) in [5.41, 5.74) is 1.42. The normalized spacial score (nSPS) is 10.5. The van der Waals surface area contributed by atoms with Crippen LogP contribution in [0.25, 0.3) is 0 Å². The maximum atomic E-state index is 3.57. The summed E-state index contributed by atoms with van der Waals surface area (Å²) in [5.74, 6) is 0. The minimum Gasteiger partial charge on any atom is -0.317 e. The van der Waals surface area contributed by atoms with Crippen molar-refractivity contribution in [2.75, 3.05) is 13.1 Å². The standard InChI is InChI=1S/C13H20BrN/c1-2-10-15-11-6-5-8-12-7-3-4-9-13(12)14/h3-4,7,9,15H,2,5-6,8,10-11H2,1H3. The first-order chi connectivity index (χ1) is 7.34. The molecule has 0 unspecified atom stereocenters. The molecule has 1 N–H and O–H groups in total. The van der Waals surface area contributed by atoms with E-state index in [4.69, 9.17) is 0 Å². The van der Waals surface area contributed by atoms with Crippen molar-refractivity contribution in [1.82, 2.24) is 5.32 Å². The van der Waals surface area contributed by atoms with Crippen LogP contribution in [0.5, 0.6) is 0 Å². The van der Waals surface area contributed by atoms with Crippen molar-refractivity contribution in [3.05, 3.63) is 34.3 Å². The van der Waals surface area contributed by atoms with Gasteiger partial charge in [0.25, 0.3) is 0 Å². The van der Waals surface area contributed by atoms with Crippen molar-refractivity contribution in [2.45, 2.75) is 32.6 Å². The molecule has 0 aliphatic rings. The van der Waals surface area contributed by atoms with Crippen LogP contribution >= 0.6 is 15.9 Å². The van der Waals surface area contributed by atoms with E-state index in [1.165, 1.54) is 35.7 Å². The molecule has 2 heteroatoms. The minimum absolute atomic E-state index is 1.15. The van der Waals surface area contributed by atoms with Crippen LogP contribution in [0.3, 0.4) is 0 Å². The van der Waals surface area contributed by atoms with Gasteiger partial charge in [0.2, 0.25) is 0 Å². The predicted octanol–water partition coefficient (Wildman–Crippen LogP) is 3.77. The average molecular weight is 270 g/mol. The molecule has 0 aliphatic heterocycles. The van der Waals surface area contributed by atoms with Gasteiger partial charge >= 0.3 is 0 Å². The van der Waals surface area contributed by atoms with Crippen LogP contribution in [0.1, 0.15) is 31.7 Å². The average Bonchev–Trinajstić information content (AvgIpc) is 2.25. The molecule has 0 saturated carbocycles. The van der Waals surface area contributed by atoms with E-state index in [1.54, 1.807) is 0 Å². The minimum atomic E-state index is 1.15. The SMILES string of the molecule is CCCNCCCCc1ccccc1Br. The van der Waals surface area contributed by atoms with Gasteiger partial charge in [-0.05, 0) is 50.4 Å². The highest BCUT2D eigenvalue weighted by atomic mass is 79.9. The number of rotatable bonds is 7. The van der Waals surface area contributed by atoms with Gasteiger partial charge in [-0.3, -0.25) is 0 Å². The Kier molecular flexibility index (Phi) is 6.69. The molecule has 84 valence electrons. The first-order valence-electron chi connectivity index (χ1n) is 5.78. The molecule has 0 amide bonds. The summed E-state index contributed by atoms with van der Waals surface area (Å²) in [6, 6.07) is 8.49. The van der Waals surface area contributed by atoms with Crippen molar-refractivity contribution in [1.29, 1.82) is 0 Å². The van der Waals surface area contributed by atoms with E-state index in [1.807, 2.05) is 0 Å². The van der Waals surface area contributed by atoms with Crippen LogP contribution in [0.15, 0.2) is 28.7 Å². The van der Waals surface area contributed by atoms with E-state index in [-0.39, 0.29) is 0 Å². The van der Waals surface area contributed by atoms with Crippen LogP contribution in [0.4, 0.5) is 0 Å². The van der Waals surface area contributed by atoms with Crippen LogP contribution < -0.4 is 5.32 Å². The highest BCUT2D eigenvalue weighted by Gasteiger charge is 1.97. The summed E-state index contributed by atoms with van der Waals surface area (Å²) in [5, 5.41) is 3.42. The van der Waals surface area contributed by atoms with E-state index < -0.39 is 0 Å². The second-order valence-corrected chi connectivity index (χ2v) is 4.65. The van der Waals surface area contributed by atoms with Crippen LogP contribution in [-0.2, 0) is 6.42 Å². The van der Waals surface area contributed by atoms with Gasteiger partial charge in [-0.2, -0.15) is 0 Å². The third-order valence-electron chi connectivity index (χ3n) is 2.43. The Balaban J connectivity index is 2.12.